The number of halogens is 3. The quantitative estimate of drug-likeness (QED) is 0.680. The van der Waals surface area contributed by atoms with Crippen LogP contribution in [0.5, 0.6) is 0 Å². The molecule has 0 aromatic heterocycles. The lowest BCUT2D eigenvalue weighted by molar-refractivity contribution is 1.26. The van der Waals surface area contributed by atoms with Gasteiger partial charge in [0.2, 0.25) is 0 Å². The molecule has 60 valence electrons. The third-order valence-electron chi connectivity index (χ3n) is 1.61. The van der Waals surface area contributed by atoms with Crippen LogP contribution in [0.25, 0.3) is 0 Å². The van der Waals surface area contributed by atoms with E-state index in [4.69, 9.17) is 11.6 Å². The number of hydrogen-bond acceptors (Lipinski definition) is 0. The normalized spacial score (nSPS) is 10.2. The van der Waals surface area contributed by atoms with Gasteiger partial charge in [-0.2, -0.15) is 0 Å². The van der Waals surface area contributed by atoms with E-state index in [1.165, 1.54) is 5.56 Å². The van der Waals surface area contributed by atoms with E-state index in [0.717, 1.165) is 14.5 Å². The van der Waals surface area contributed by atoms with Gasteiger partial charge in [0.05, 0.1) is 0 Å². The van der Waals surface area contributed by atoms with E-state index in [1.54, 1.807) is 0 Å². The van der Waals surface area contributed by atoms with E-state index in [0.29, 0.717) is 5.88 Å². The molecule has 0 atom stereocenters. The Bertz CT molecular complexity index is 271. The van der Waals surface area contributed by atoms with Crippen molar-refractivity contribution in [1.82, 2.24) is 0 Å². The highest BCUT2D eigenvalue weighted by Gasteiger charge is 2.04. The second kappa shape index (κ2) is 3.92. The average molecular weight is 298 g/mol. The fourth-order valence-corrected chi connectivity index (χ4v) is 2.31. The van der Waals surface area contributed by atoms with Gasteiger partial charge in [-0.15, -0.1) is 11.6 Å². The first kappa shape index (κ1) is 9.56. The van der Waals surface area contributed by atoms with Crippen molar-refractivity contribution in [2.75, 3.05) is 0 Å². The van der Waals surface area contributed by atoms with Gasteiger partial charge in [-0.05, 0) is 30.2 Å². The summed E-state index contributed by atoms with van der Waals surface area (Å²) in [4.78, 5) is 0. The van der Waals surface area contributed by atoms with Crippen molar-refractivity contribution in [3.05, 3.63) is 32.2 Å². The van der Waals surface area contributed by atoms with Crippen LogP contribution < -0.4 is 0 Å². The minimum Gasteiger partial charge on any atom is -0.121 e. The second-order valence-corrected chi connectivity index (χ2v) is 4.24. The predicted octanol–water partition coefficient (Wildman–Crippen LogP) is 4.26. The minimum atomic E-state index is 0.547. The lowest BCUT2D eigenvalue weighted by Gasteiger charge is -2.06. The Balaban J connectivity index is 3.29. The van der Waals surface area contributed by atoms with Crippen molar-refractivity contribution in [2.45, 2.75) is 12.8 Å². The molecule has 0 bridgehead atoms. The molecule has 1 aromatic rings. The molecular weight excluding hydrogens is 291 g/mol. The Labute approximate surface area is 88.2 Å². The zero-order valence-corrected chi connectivity index (χ0v) is 9.92. The standard InChI is InChI=1S/C8H7Br2Cl/c1-5-6(4-11)8(10)3-2-7(5)9/h2-3H,4H2,1H3. The number of rotatable bonds is 1. The molecule has 0 unspecified atom stereocenters. The zero-order chi connectivity index (χ0) is 8.43. The summed E-state index contributed by atoms with van der Waals surface area (Å²) in [5.41, 5.74) is 2.36. The summed E-state index contributed by atoms with van der Waals surface area (Å²) in [5, 5.41) is 0. The van der Waals surface area contributed by atoms with Gasteiger partial charge in [0, 0.05) is 14.8 Å². The molecular formula is C8H7Br2Cl. The SMILES string of the molecule is Cc1c(Br)ccc(Br)c1CCl. The van der Waals surface area contributed by atoms with Crippen LogP contribution in [0, 0.1) is 6.92 Å². The first-order valence-corrected chi connectivity index (χ1v) is 5.28. The fraction of sp³-hybridized carbons (Fsp3) is 0.250. The molecule has 11 heavy (non-hydrogen) atoms. The molecule has 0 radical (unpaired) electrons. The molecule has 0 amide bonds. The predicted molar refractivity (Wildman–Crippen MR) is 56.1 cm³/mol. The van der Waals surface area contributed by atoms with E-state index in [-0.39, 0.29) is 0 Å². The Morgan fingerprint density at radius 1 is 1.27 bits per heavy atom. The lowest BCUT2D eigenvalue weighted by atomic mass is 10.1. The summed E-state index contributed by atoms with van der Waals surface area (Å²) in [7, 11) is 0. The second-order valence-electron chi connectivity index (χ2n) is 2.27. The van der Waals surface area contributed by atoms with Gasteiger partial charge in [-0.25, -0.2) is 0 Å². The summed E-state index contributed by atoms with van der Waals surface area (Å²) < 4.78 is 2.18. The van der Waals surface area contributed by atoms with Gasteiger partial charge in [0.25, 0.3) is 0 Å². The van der Waals surface area contributed by atoms with Crippen LogP contribution in [0.2, 0.25) is 0 Å². The molecule has 1 rings (SSSR count). The number of hydrogen-bond donors (Lipinski definition) is 0. The summed E-state index contributed by atoms with van der Waals surface area (Å²) in [6, 6.07) is 4.00. The van der Waals surface area contributed by atoms with Gasteiger partial charge in [-0.3, -0.25) is 0 Å². The van der Waals surface area contributed by atoms with Crippen LogP contribution in [0.15, 0.2) is 21.1 Å². The molecule has 1 aromatic carbocycles. The Hall–Kier alpha value is 0.470. The van der Waals surface area contributed by atoms with Crippen molar-refractivity contribution < 1.29 is 0 Å². The molecule has 0 fully saturated rings. The van der Waals surface area contributed by atoms with E-state index >= 15 is 0 Å². The molecule has 0 aliphatic heterocycles. The molecule has 0 aliphatic rings. The molecule has 0 nitrogen and oxygen atoms in total. The van der Waals surface area contributed by atoms with Crippen molar-refractivity contribution in [2.24, 2.45) is 0 Å². The van der Waals surface area contributed by atoms with Crippen molar-refractivity contribution in [3.63, 3.8) is 0 Å². The highest BCUT2D eigenvalue weighted by atomic mass is 79.9. The van der Waals surface area contributed by atoms with E-state index < -0.39 is 0 Å². The van der Waals surface area contributed by atoms with Gasteiger partial charge in [-0.1, -0.05) is 31.9 Å². The monoisotopic (exact) mass is 296 g/mol. The molecule has 0 N–H and O–H groups in total. The summed E-state index contributed by atoms with van der Waals surface area (Å²) in [6.07, 6.45) is 0. The molecule has 0 saturated carbocycles. The first-order chi connectivity index (χ1) is 5.16. The third-order valence-corrected chi connectivity index (χ3v) is 3.48. The van der Waals surface area contributed by atoms with Crippen LogP contribution in [-0.4, -0.2) is 0 Å². The first-order valence-electron chi connectivity index (χ1n) is 3.16. The summed E-state index contributed by atoms with van der Waals surface area (Å²) in [6.45, 7) is 2.05. The Morgan fingerprint density at radius 2 is 1.82 bits per heavy atom. The number of benzene rings is 1. The minimum absolute atomic E-state index is 0.547. The smallest absolute Gasteiger partial charge is 0.0488 e. The zero-order valence-electron chi connectivity index (χ0n) is 6.00. The molecule has 0 spiro atoms. The Morgan fingerprint density at radius 3 is 2.27 bits per heavy atom. The average Bonchev–Trinajstić information content (AvgIpc) is 1.99. The van der Waals surface area contributed by atoms with Crippen molar-refractivity contribution >= 4 is 43.5 Å². The highest BCUT2D eigenvalue weighted by molar-refractivity contribution is 9.11. The third kappa shape index (κ3) is 1.98. The summed E-state index contributed by atoms with van der Waals surface area (Å²) in [5.74, 6) is 0.547. The maximum atomic E-state index is 5.76. The number of alkyl halides is 1. The Kier molecular flexibility index (Phi) is 3.41. The summed E-state index contributed by atoms with van der Waals surface area (Å²) >= 11 is 12.6. The largest absolute Gasteiger partial charge is 0.121 e. The fourth-order valence-electron chi connectivity index (χ4n) is 0.859. The maximum absolute atomic E-state index is 5.76. The van der Waals surface area contributed by atoms with Crippen molar-refractivity contribution in [1.29, 1.82) is 0 Å². The molecule has 0 aliphatic carbocycles. The van der Waals surface area contributed by atoms with Crippen LogP contribution in [0.3, 0.4) is 0 Å². The molecule has 0 heterocycles. The van der Waals surface area contributed by atoms with E-state index in [2.05, 4.69) is 31.9 Å². The lowest BCUT2D eigenvalue weighted by Crippen LogP contribution is -1.87. The maximum Gasteiger partial charge on any atom is 0.0488 e. The van der Waals surface area contributed by atoms with Crippen molar-refractivity contribution in [3.8, 4) is 0 Å². The van der Waals surface area contributed by atoms with Gasteiger partial charge >= 0.3 is 0 Å². The topological polar surface area (TPSA) is 0 Å². The van der Waals surface area contributed by atoms with Crippen LogP contribution in [-0.2, 0) is 5.88 Å². The molecule has 0 saturated heterocycles. The van der Waals surface area contributed by atoms with Crippen LogP contribution in [0.4, 0.5) is 0 Å². The van der Waals surface area contributed by atoms with Gasteiger partial charge in [0.15, 0.2) is 0 Å². The van der Waals surface area contributed by atoms with Crippen LogP contribution >= 0.6 is 43.5 Å². The van der Waals surface area contributed by atoms with Gasteiger partial charge in [0.1, 0.15) is 0 Å². The van der Waals surface area contributed by atoms with E-state index in [9.17, 15) is 0 Å². The van der Waals surface area contributed by atoms with Crippen LogP contribution in [0.1, 0.15) is 11.1 Å². The molecule has 3 heteroatoms. The van der Waals surface area contributed by atoms with Gasteiger partial charge < -0.3 is 0 Å². The highest BCUT2D eigenvalue weighted by Crippen LogP contribution is 2.27. The van der Waals surface area contributed by atoms with E-state index in [1.807, 2.05) is 19.1 Å².